The maximum absolute atomic E-state index is 15.7. The molecule has 42 heavy (non-hydrogen) atoms. The first-order valence-electron chi connectivity index (χ1n) is 15.9. The van der Waals surface area contributed by atoms with Crippen LogP contribution >= 0.6 is 0 Å². The number of aryl methyl sites for hydroxylation is 1. The third kappa shape index (κ3) is 5.63. The summed E-state index contributed by atoms with van der Waals surface area (Å²) in [4.78, 5) is 14.5. The van der Waals surface area contributed by atoms with Gasteiger partial charge in [-0.05, 0) is 74.3 Å². The molecule has 1 saturated heterocycles. The molecule has 2 unspecified atom stereocenters. The Bertz CT molecular complexity index is 1440. The molecule has 3 heterocycles. The predicted octanol–water partition coefficient (Wildman–Crippen LogP) is 6.70. The zero-order valence-electron chi connectivity index (χ0n) is 24.3. The third-order valence-electron chi connectivity index (χ3n) is 9.79. The summed E-state index contributed by atoms with van der Waals surface area (Å²) in [6, 6.07) is 11.9. The highest BCUT2D eigenvalue weighted by Crippen LogP contribution is 2.48. The molecule has 2 N–H and O–H groups in total. The van der Waals surface area contributed by atoms with Gasteiger partial charge in [-0.3, -0.25) is 4.90 Å². The van der Waals surface area contributed by atoms with Crippen LogP contribution in [-0.4, -0.2) is 72.2 Å². The van der Waals surface area contributed by atoms with E-state index in [0.717, 1.165) is 117 Å². The second-order valence-corrected chi connectivity index (χ2v) is 12.7. The summed E-state index contributed by atoms with van der Waals surface area (Å²) < 4.78 is 29.8. The number of hydrogen-bond donors (Lipinski definition) is 2. The Morgan fingerprint density at radius 2 is 1.86 bits per heavy atom. The van der Waals surface area contributed by atoms with E-state index in [1.54, 1.807) is 12.1 Å². The fourth-order valence-electron chi connectivity index (χ4n) is 7.21. The van der Waals surface area contributed by atoms with Gasteiger partial charge in [0.15, 0.2) is 0 Å². The first kappa shape index (κ1) is 27.7. The molecule has 2 aliphatic carbocycles. The molecule has 2 aromatic carbocycles. The van der Waals surface area contributed by atoms with Gasteiger partial charge in [-0.25, -0.2) is 9.18 Å². The zero-order valence-corrected chi connectivity index (χ0v) is 24.3. The van der Waals surface area contributed by atoms with Gasteiger partial charge in [0.1, 0.15) is 11.9 Å². The fraction of sp³-hybridized carbons (Fsp3) is 0.559. The van der Waals surface area contributed by atoms with Crippen LogP contribution in [0.3, 0.4) is 0 Å². The van der Waals surface area contributed by atoms with E-state index in [1.807, 2.05) is 6.07 Å². The minimum atomic E-state index is -0.941. The highest BCUT2D eigenvalue weighted by Gasteiger charge is 2.35. The third-order valence-corrected chi connectivity index (χ3v) is 9.79. The Morgan fingerprint density at radius 3 is 2.64 bits per heavy atom. The minimum Gasteiger partial charge on any atom is -0.493 e. The molecule has 2 aliphatic heterocycles. The fourth-order valence-corrected chi connectivity index (χ4v) is 7.21. The van der Waals surface area contributed by atoms with Crippen molar-refractivity contribution in [3.63, 3.8) is 0 Å². The second kappa shape index (κ2) is 11.9. The summed E-state index contributed by atoms with van der Waals surface area (Å²) in [5, 5.41) is 14.7. The van der Waals surface area contributed by atoms with Crippen LogP contribution in [0.15, 0.2) is 36.4 Å². The van der Waals surface area contributed by atoms with E-state index in [-0.39, 0.29) is 17.5 Å². The predicted molar refractivity (Wildman–Crippen MR) is 163 cm³/mol. The number of aromatic carboxylic acids is 1. The quantitative estimate of drug-likeness (QED) is 0.312. The topological polar surface area (TPSA) is 76.0 Å². The molecular weight excluding hydrogens is 533 g/mol. The van der Waals surface area contributed by atoms with Crippen LogP contribution in [0.2, 0.25) is 0 Å². The van der Waals surface area contributed by atoms with Crippen LogP contribution in [0.4, 0.5) is 10.1 Å². The van der Waals surface area contributed by atoms with Gasteiger partial charge in [-0.1, -0.05) is 18.9 Å². The number of hydrogen-bond acceptors (Lipinski definition) is 5. The summed E-state index contributed by atoms with van der Waals surface area (Å²) in [5.74, 6) is 0.373. The molecular formula is C34H42FN3O4. The van der Waals surface area contributed by atoms with Crippen molar-refractivity contribution in [2.45, 2.75) is 76.0 Å². The van der Waals surface area contributed by atoms with E-state index in [0.29, 0.717) is 12.3 Å². The Morgan fingerprint density at radius 1 is 1.02 bits per heavy atom. The molecule has 1 aromatic heterocycles. The van der Waals surface area contributed by atoms with E-state index in [4.69, 9.17) is 9.47 Å². The van der Waals surface area contributed by atoms with Gasteiger partial charge in [0.2, 0.25) is 0 Å². The number of nitrogens with one attached hydrogen (secondary N) is 1. The lowest BCUT2D eigenvalue weighted by Crippen LogP contribution is -2.39. The van der Waals surface area contributed by atoms with E-state index in [1.165, 1.54) is 12.8 Å². The Kier molecular flexibility index (Phi) is 7.84. The number of anilines is 1. The molecule has 224 valence electrons. The number of benzene rings is 2. The number of ether oxygens (including phenoxy) is 2. The van der Waals surface area contributed by atoms with Crippen LogP contribution in [0.1, 0.15) is 73.2 Å². The number of carboxylic acids is 1. The van der Waals surface area contributed by atoms with Gasteiger partial charge < -0.3 is 24.5 Å². The first-order chi connectivity index (χ1) is 20.5. The summed E-state index contributed by atoms with van der Waals surface area (Å²) >= 11 is 0. The lowest BCUT2D eigenvalue weighted by Gasteiger charge is -2.32. The van der Waals surface area contributed by atoms with Crippen LogP contribution in [0.5, 0.6) is 5.75 Å². The van der Waals surface area contributed by atoms with Crippen molar-refractivity contribution in [1.29, 1.82) is 0 Å². The van der Waals surface area contributed by atoms with Crippen molar-refractivity contribution < 1.29 is 23.8 Å². The summed E-state index contributed by atoms with van der Waals surface area (Å²) in [7, 11) is 0. The first-order valence-corrected chi connectivity index (χ1v) is 15.9. The number of carboxylic acid groups (broad SMARTS) is 1. The summed E-state index contributed by atoms with van der Waals surface area (Å²) in [6.07, 6.45) is 6.75. The normalized spacial score (nSPS) is 24.7. The number of fused-ring (bicyclic) bond motifs is 5. The minimum absolute atomic E-state index is 0.205. The van der Waals surface area contributed by atoms with E-state index >= 15 is 4.39 Å². The zero-order chi connectivity index (χ0) is 28.6. The van der Waals surface area contributed by atoms with E-state index in [9.17, 15) is 9.90 Å². The van der Waals surface area contributed by atoms with E-state index in [2.05, 4.69) is 33.0 Å². The number of rotatable bonds is 8. The van der Waals surface area contributed by atoms with Gasteiger partial charge >= 0.3 is 5.97 Å². The molecule has 7 rings (SSSR count). The average molecular weight is 576 g/mol. The number of halogens is 1. The lowest BCUT2D eigenvalue weighted by molar-refractivity contribution is 0.0367. The van der Waals surface area contributed by atoms with Crippen LogP contribution in [-0.2, 0) is 11.3 Å². The van der Waals surface area contributed by atoms with Gasteiger partial charge in [0.05, 0.1) is 31.1 Å². The van der Waals surface area contributed by atoms with Gasteiger partial charge in [-0.2, -0.15) is 0 Å². The molecule has 2 saturated carbocycles. The molecule has 0 amide bonds. The van der Waals surface area contributed by atoms with Crippen molar-refractivity contribution in [3.05, 3.63) is 47.5 Å². The van der Waals surface area contributed by atoms with Crippen LogP contribution < -0.4 is 10.1 Å². The molecule has 8 heteroatoms. The molecule has 4 aliphatic rings. The van der Waals surface area contributed by atoms with Gasteiger partial charge in [0, 0.05) is 66.4 Å². The lowest BCUT2D eigenvalue weighted by atomic mass is 9.80. The number of alkyl halides is 1. The van der Waals surface area contributed by atoms with Crippen molar-refractivity contribution in [3.8, 4) is 17.0 Å². The van der Waals surface area contributed by atoms with Gasteiger partial charge in [0.25, 0.3) is 0 Å². The second-order valence-electron chi connectivity index (χ2n) is 12.7. The monoisotopic (exact) mass is 575 g/mol. The Labute approximate surface area is 247 Å². The Hall–Kier alpha value is -3.10. The highest BCUT2D eigenvalue weighted by atomic mass is 19.1. The summed E-state index contributed by atoms with van der Waals surface area (Å²) in [5.41, 5.74) is 5.30. The molecule has 3 atom stereocenters. The smallest absolute Gasteiger partial charge is 0.335 e. The number of morpholine rings is 1. The molecule has 0 bridgehead atoms. The number of aromatic nitrogens is 1. The van der Waals surface area contributed by atoms with Crippen LogP contribution in [0.25, 0.3) is 22.2 Å². The number of nitrogens with zero attached hydrogens (tertiary/aromatic N) is 2. The summed E-state index contributed by atoms with van der Waals surface area (Å²) in [6.45, 7) is 5.96. The molecule has 0 spiro atoms. The van der Waals surface area contributed by atoms with Crippen molar-refractivity contribution in [2.24, 2.45) is 5.92 Å². The van der Waals surface area contributed by atoms with E-state index < -0.39 is 12.1 Å². The Balaban J connectivity index is 1.33. The molecule has 3 fully saturated rings. The SMILES string of the molecule is O=C(O)c1ccc2c(C3CCCC[C@@H]3F)c3n(c2c1)CCC(CCN1CCOCC1)Nc1cc(OCC2CC2)ccc1-3. The largest absolute Gasteiger partial charge is 0.493 e. The average Bonchev–Trinajstić information content (AvgIpc) is 3.78. The van der Waals surface area contributed by atoms with Gasteiger partial charge in [-0.15, -0.1) is 0 Å². The number of carbonyl (C=O) groups is 1. The maximum atomic E-state index is 15.7. The maximum Gasteiger partial charge on any atom is 0.335 e. The molecule has 7 nitrogen and oxygen atoms in total. The molecule has 0 radical (unpaired) electrons. The standard InChI is InChI=1S/C34H42FN3O4/c35-29-4-2-1-3-26(29)32-28-9-7-23(34(39)40)19-31(28)38-14-12-24(11-13-37-15-17-41-18-16-37)36-30-20-25(42-21-22-5-6-22)8-10-27(30)33(32)38/h7-10,19-20,22,24,26,29,36H,1-6,11-18,21H2,(H,39,40)/t24?,26?,29-/m0/s1. The van der Waals surface area contributed by atoms with Crippen LogP contribution in [0, 0.1) is 5.92 Å². The highest BCUT2D eigenvalue weighted by molar-refractivity contribution is 5.99. The van der Waals surface area contributed by atoms with Crippen molar-refractivity contribution in [2.75, 3.05) is 44.8 Å². The molecule has 3 aromatic rings. The van der Waals surface area contributed by atoms with Crippen molar-refractivity contribution >= 4 is 22.6 Å². The van der Waals surface area contributed by atoms with Crippen molar-refractivity contribution in [1.82, 2.24) is 9.47 Å².